The van der Waals surface area contributed by atoms with Crippen LogP contribution in [0.5, 0.6) is 0 Å². The molecule has 236 valence electrons. The fourth-order valence-electron chi connectivity index (χ4n) is 5.27. The number of fused-ring (bicyclic) bond motifs is 1. The minimum absolute atomic E-state index is 0.00705. The van der Waals surface area contributed by atoms with Crippen LogP contribution in [0.2, 0.25) is 0 Å². The molecule has 4 aromatic rings. The molecule has 45 heavy (non-hydrogen) atoms. The monoisotopic (exact) mass is 634 g/mol. The number of benzene rings is 2. The number of thiazole rings is 1. The first kappa shape index (κ1) is 32.1. The molecule has 12 heteroatoms. The van der Waals surface area contributed by atoms with E-state index >= 15 is 4.39 Å². The van der Waals surface area contributed by atoms with Gasteiger partial charge in [0.25, 0.3) is 0 Å². The maximum atomic E-state index is 15.9. The van der Waals surface area contributed by atoms with Gasteiger partial charge in [0, 0.05) is 49.0 Å². The highest BCUT2D eigenvalue weighted by Crippen LogP contribution is 2.40. The Labute approximate surface area is 265 Å². The van der Waals surface area contributed by atoms with Crippen molar-refractivity contribution < 1.29 is 23.4 Å². The third-order valence-corrected chi connectivity index (χ3v) is 8.65. The molecule has 1 saturated heterocycles. The molecular weight excluding hydrogens is 598 g/mol. The Kier molecular flexibility index (Phi) is 8.96. The van der Waals surface area contributed by atoms with E-state index in [1.165, 1.54) is 34.4 Å². The Hall–Kier alpha value is -4.34. The van der Waals surface area contributed by atoms with Gasteiger partial charge in [-0.05, 0) is 69.2 Å². The van der Waals surface area contributed by atoms with Gasteiger partial charge in [0.1, 0.15) is 33.6 Å². The van der Waals surface area contributed by atoms with Crippen LogP contribution in [0.3, 0.4) is 0 Å². The Balaban J connectivity index is 1.55. The number of ether oxygens (including phenoxy) is 1. The van der Waals surface area contributed by atoms with Crippen molar-refractivity contribution in [2.75, 3.05) is 43.1 Å². The maximum absolute atomic E-state index is 15.9. The number of halogens is 2. The third kappa shape index (κ3) is 6.70. The second-order valence-corrected chi connectivity index (χ2v) is 13.3. The largest absolute Gasteiger partial charge is 0.444 e. The van der Waals surface area contributed by atoms with Crippen LogP contribution in [0.25, 0.3) is 22.2 Å². The SMILES string of the molecule is CC(C)c1cc(N(C)c2nc(-c3ccc(F)cc3)c(C#N)s2)c2cc(N3CCN(C(=O)OC(C)(C)C)C(CO)C3)cc(F)c2n1. The molecule has 1 N–H and O–H groups in total. The lowest BCUT2D eigenvalue weighted by molar-refractivity contribution is 0.00704. The molecule has 5 rings (SSSR count). The van der Waals surface area contributed by atoms with Gasteiger partial charge in [-0.25, -0.2) is 23.5 Å². The molecule has 1 amide bonds. The van der Waals surface area contributed by atoms with Gasteiger partial charge in [-0.15, -0.1) is 0 Å². The van der Waals surface area contributed by atoms with E-state index in [1.54, 1.807) is 40.0 Å². The summed E-state index contributed by atoms with van der Waals surface area (Å²) in [7, 11) is 1.80. The molecule has 0 saturated carbocycles. The van der Waals surface area contributed by atoms with Crippen LogP contribution in [-0.4, -0.2) is 71.0 Å². The summed E-state index contributed by atoms with van der Waals surface area (Å²) in [5.41, 5.74) is 2.51. The molecule has 0 spiro atoms. The van der Waals surface area contributed by atoms with Gasteiger partial charge < -0.3 is 19.6 Å². The summed E-state index contributed by atoms with van der Waals surface area (Å²) >= 11 is 1.19. The average Bonchev–Trinajstić information content (AvgIpc) is 3.44. The summed E-state index contributed by atoms with van der Waals surface area (Å²) in [6, 6.07) is 12.7. The van der Waals surface area contributed by atoms with E-state index in [-0.39, 0.29) is 30.4 Å². The minimum Gasteiger partial charge on any atom is -0.444 e. The van der Waals surface area contributed by atoms with Crippen molar-refractivity contribution in [2.45, 2.75) is 52.2 Å². The standard InChI is InChI=1S/C33H36F2N6O3S/c1-19(2)26-15-27(39(6)31-38-29(28(16-36)45-31)20-7-9-21(34)10-8-20)24-13-22(14-25(35)30(24)37-26)40-11-12-41(23(17-40)18-42)32(43)44-33(3,4)5/h7-10,13-15,19,23,42H,11-12,17-18H2,1-6H3. The molecule has 1 fully saturated rings. The highest BCUT2D eigenvalue weighted by molar-refractivity contribution is 7.16. The van der Waals surface area contributed by atoms with Crippen LogP contribution >= 0.6 is 11.3 Å². The summed E-state index contributed by atoms with van der Waals surface area (Å²) in [5.74, 6) is -0.880. The second-order valence-electron chi connectivity index (χ2n) is 12.4. The van der Waals surface area contributed by atoms with E-state index in [1.807, 2.05) is 35.8 Å². The zero-order valence-corrected chi connectivity index (χ0v) is 27.0. The number of rotatable bonds is 6. The van der Waals surface area contributed by atoms with Crippen LogP contribution in [0.4, 0.5) is 30.1 Å². The van der Waals surface area contributed by atoms with E-state index in [4.69, 9.17) is 9.72 Å². The summed E-state index contributed by atoms with van der Waals surface area (Å²) in [5, 5.41) is 21.1. The first-order chi connectivity index (χ1) is 21.3. The molecule has 1 aliphatic rings. The Morgan fingerprint density at radius 3 is 2.51 bits per heavy atom. The molecule has 2 aromatic heterocycles. The summed E-state index contributed by atoms with van der Waals surface area (Å²) in [4.78, 5) is 27.8. The predicted octanol–water partition coefficient (Wildman–Crippen LogP) is 6.82. The first-order valence-corrected chi connectivity index (χ1v) is 15.5. The number of anilines is 3. The van der Waals surface area contributed by atoms with Crippen molar-refractivity contribution in [3.63, 3.8) is 0 Å². The Morgan fingerprint density at radius 2 is 1.89 bits per heavy atom. The molecule has 0 bridgehead atoms. The summed E-state index contributed by atoms with van der Waals surface area (Å²) < 4.78 is 35.0. The van der Waals surface area contributed by atoms with Crippen LogP contribution < -0.4 is 9.80 Å². The molecule has 3 heterocycles. The van der Waals surface area contributed by atoms with E-state index < -0.39 is 23.6 Å². The molecular formula is C33H36F2N6O3S. The van der Waals surface area contributed by atoms with Crippen molar-refractivity contribution in [3.05, 3.63) is 64.7 Å². The smallest absolute Gasteiger partial charge is 0.410 e. The lowest BCUT2D eigenvalue weighted by Crippen LogP contribution is -2.57. The summed E-state index contributed by atoms with van der Waals surface area (Å²) in [6.45, 7) is 10.0. The maximum Gasteiger partial charge on any atom is 0.410 e. The van der Waals surface area contributed by atoms with Crippen LogP contribution in [-0.2, 0) is 4.74 Å². The number of amides is 1. The van der Waals surface area contributed by atoms with Gasteiger partial charge in [-0.1, -0.05) is 25.2 Å². The van der Waals surface area contributed by atoms with Crippen molar-refractivity contribution in [1.29, 1.82) is 5.26 Å². The zero-order chi connectivity index (χ0) is 32.6. The number of hydrogen-bond acceptors (Lipinski definition) is 9. The molecule has 1 aliphatic heterocycles. The molecule has 0 aliphatic carbocycles. The highest BCUT2D eigenvalue weighted by atomic mass is 32.1. The number of carbonyl (C=O) groups excluding carboxylic acids is 1. The Morgan fingerprint density at radius 1 is 1.18 bits per heavy atom. The Bertz CT molecular complexity index is 1760. The number of piperazine rings is 1. The second kappa shape index (κ2) is 12.6. The van der Waals surface area contributed by atoms with Crippen molar-refractivity contribution in [1.82, 2.24) is 14.9 Å². The molecule has 0 radical (unpaired) electrons. The molecule has 1 unspecified atom stereocenters. The predicted molar refractivity (Wildman–Crippen MR) is 172 cm³/mol. The van der Waals surface area contributed by atoms with E-state index in [9.17, 15) is 19.6 Å². The van der Waals surface area contributed by atoms with Gasteiger partial charge in [0.2, 0.25) is 0 Å². The number of nitriles is 1. The number of hydrogen-bond donors (Lipinski definition) is 1. The number of carbonyl (C=O) groups is 1. The van der Waals surface area contributed by atoms with Crippen molar-refractivity contribution in [2.24, 2.45) is 0 Å². The fraction of sp³-hybridized carbons (Fsp3) is 0.394. The topological polar surface area (TPSA) is 106 Å². The van der Waals surface area contributed by atoms with Crippen LogP contribution in [0.1, 0.15) is 51.1 Å². The number of nitrogens with zero attached hydrogens (tertiary/aromatic N) is 6. The molecule has 1 atom stereocenters. The fourth-order valence-corrected chi connectivity index (χ4v) is 6.13. The van der Waals surface area contributed by atoms with Gasteiger partial charge >= 0.3 is 6.09 Å². The van der Waals surface area contributed by atoms with Gasteiger partial charge in [-0.2, -0.15) is 5.26 Å². The van der Waals surface area contributed by atoms with Crippen LogP contribution in [0, 0.1) is 23.0 Å². The van der Waals surface area contributed by atoms with Crippen molar-refractivity contribution >= 4 is 44.8 Å². The van der Waals surface area contributed by atoms with Gasteiger partial charge in [0.15, 0.2) is 10.9 Å². The number of pyridine rings is 1. The minimum atomic E-state index is -0.675. The van der Waals surface area contributed by atoms with Crippen LogP contribution in [0.15, 0.2) is 42.5 Å². The first-order valence-electron chi connectivity index (χ1n) is 14.7. The average molecular weight is 635 g/mol. The third-order valence-electron chi connectivity index (χ3n) is 7.61. The molecule has 9 nitrogen and oxygen atoms in total. The lowest BCUT2D eigenvalue weighted by Gasteiger charge is -2.42. The normalized spacial score (nSPS) is 15.4. The van der Waals surface area contributed by atoms with E-state index in [0.717, 1.165) is 0 Å². The van der Waals surface area contributed by atoms with Crippen molar-refractivity contribution in [3.8, 4) is 17.3 Å². The molecule has 2 aromatic carbocycles. The van der Waals surface area contributed by atoms with E-state index in [2.05, 4.69) is 11.1 Å². The summed E-state index contributed by atoms with van der Waals surface area (Å²) in [6.07, 6.45) is -0.500. The van der Waals surface area contributed by atoms with E-state index in [0.29, 0.717) is 56.8 Å². The highest BCUT2D eigenvalue weighted by Gasteiger charge is 2.33. The number of aliphatic hydroxyl groups excluding tert-OH is 1. The lowest BCUT2D eigenvalue weighted by atomic mass is 10.0. The van der Waals surface area contributed by atoms with Gasteiger partial charge in [-0.3, -0.25) is 4.90 Å². The number of aliphatic hydroxyl groups is 1. The quantitative estimate of drug-likeness (QED) is 0.246. The number of aromatic nitrogens is 2. The zero-order valence-electron chi connectivity index (χ0n) is 26.1. The van der Waals surface area contributed by atoms with Gasteiger partial charge in [0.05, 0.1) is 18.3 Å².